The van der Waals surface area contributed by atoms with E-state index in [-0.39, 0.29) is 5.69 Å². The topological polar surface area (TPSA) is 100 Å². The molecule has 0 aliphatic heterocycles. The van der Waals surface area contributed by atoms with Crippen molar-refractivity contribution in [2.45, 2.75) is 0 Å². The highest BCUT2D eigenvalue weighted by Crippen LogP contribution is 2.19. The molecule has 2 aromatic carbocycles. The van der Waals surface area contributed by atoms with E-state index in [0.717, 1.165) is 10.9 Å². The van der Waals surface area contributed by atoms with E-state index in [4.69, 9.17) is 0 Å². The normalized spacial score (nSPS) is 10.4. The highest BCUT2D eigenvalue weighted by molar-refractivity contribution is 6.00. The fraction of sp³-hybridized carbons (Fsp3) is 0. The Hall–Kier alpha value is -3.35. The second-order valence-electron chi connectivity index (χ2n) is 4.66. The number of anilines is 2. The number of non-ortho nitro benzene ring substituents is 1. The van der Waals surface area contributed by atoms with Crippen molar-refractivity contribution in [1.29, 1.82) is 0 Å². The van der Waals surface area contributed by atoms with Crippen LogP contribution in [-0.2, 0) is 0 Å². The maximum atomic E-state index is 11.9. The van der Waals surface area contributed by atoms with Crippen LogP contribution in [0.15, 0.2) is 54.7 Å². The van der Waals surface area contributed by atoms with E-state index in [1.807, 2.05) is 24.4 Å². The zero-order valence-corrected chi connectivity index (χ0v) is 11.4. The van der Waals surface area contributed by atoms with Gasteiger partial charge in [-0.05, 0) is 35.7 Å². The maximum Gasteiger partial charge on any atom is 0.323 e. The first-order chi connectivity index (χ1) is 10.6. The summed E-state index contributed by atoms with van der Waals surface area (Å²) >= 11 is 0. The van der Waals surface area contributed by atoms with Gasteiger partial charge in [0.05, 0.1) is 4.92 Å². The number of fused-ring (bicyclic) bond motifs is 1. The van der Waals surface area contributed by atoms with Gasteiger partial charge in [-0.1, -0.05) is 6.07 Å². The number of aromatic amines is 1. The van der Waals surface area contributed by atoms with Gasteiger partial charge in [0, 0.05) is 35.2 Å². The highest BCUT2D eigenvalue weighted by Gasteiger charge is 2.07. The van der Waals surface area contributed by atoms with E-state index in [9.17, 15) is 14.9 Å². The second kappa shape index (κ2) is 5.57. The smallest absolute Gasteiger partial charge is 0.323 e. The first kappa shape index (κ1) is 13.6. The van der Waals surface area contributed by atoms with Gasteiger partial charge in [-0.2, -0.15) is 0 Å². The number of nitro groups is 1. The molecule has 0 atom stereocenters. The number of nitrogens with zero attached hydrogens (tertiary/aromatic N) is 1. The lowest BCUT2D eigenvalue weighted by atomic mass is 10.2. The molecule has 3 N–H and O–H groups in total. The lowest BCUT2D eigenvalue weighted by Crippen LogP contribution is -2.19. The van der Waals surface area contributed by atoms with E-state index in [1.54, 1.807) is 6.07 Å². The van der Waals surface area contributed by atoms with Crippen molar-refractivity contribution in [3.05, 3.63) is 64.8 Å². The Bertz CT molecular complexity index is 839. The number of carbonyl (C=O) groups is 1. The molecule has 0 aliphatic rings. The van der Waals surface area contributed by atoms with Crippen LogP contribution in [0, 0.1) is 10.1 Å². The third-order valence-corrected chi connectivity index (χ3v) is 3.15. The molecule has 0 radical (unpaired) electrons. The molecule has 0 bridgehead atoms. The van der Waals surface area contributed by atoms with Gasteiger partial charge in [0.25, 0.3) is 5.69 Å². The average molecular weight is 296 g/mol. The van der Waals surface area contributed by atoms with E-state index in [1.165, 1.54) is 24.3 Å². The number of hydrogen-bond donors (Lipinski definition) is 3. The lowest BCUT2D eigenvalue weighted by Gasteiger charge is -2.07. The molecule has 0 aliphatic carbocycles. The van der Waals surface area contributed by atoms with Crippen molar-refractivity contribution in [3.8, 4) is 0 Å². The third kappa shape index (κ3) is 2.88. The number of aromatic nitrogens is 1. The van der Waals surface area contributed by atoms with Gasteiger partial charge >= 0.3 is 6.03 Å². The quantitative estimate of drug-likeness (QED) is 0.507. The fourth-order valence-electron chi connectivity index (χ4n) is 2.09. The van der Waals surface area contributed by atoms with Crippen LogP contribution in [0.5, 0.6) is 0 Å². The van der Waals surface area contributed by atoms with E-state index < -0.39 is 11.0 Å². The first-order valence-electron chi connectivity index (χ1n) is 6.51. The number of urea groups is 1. The Morgan fingerprint density at radius 2 is 1.68 bits per heavy atom. The largest absolute Gasteiger partial charge is 0.361 e. The Kier molecular flexibility index (Phi) is 3.45. The predicted molar refractivity (Wildman–Crippen MR) is 84.0 cm³/mol. The van der Waals surface area contributed by atoms with Crippen molar-refractivity contribution in [2.24, 2.45) is 0 Å². The summed E-state index contributed by atoms with van der Waals surface area (Å²) in [6, 6.07) is 12.7. The minimum Gasteiger partial charge on any atom is -0.361 e. The summed E-state index contributed by atoms with van der Waals surface area (Å²) in [5.74, 6) is 0. The van der Waals surface area contributed by atoms with Crippen LogP contribution >= 0.6 is 0 Å². The molecule has 3 aromatic rings. The van der Waals surface area contributed by atoms with Crippen LogP contribution in [-0.4, -0.2) is 15.9 Å². The minimum absolute atomic E-state index is 0.0249. The first-order valence-corrected chi connectivity index (χ1v) is 6.51. The number of hydrogen-bond acceptors (Lipinski definition) is 3. The number of H-pyrrole nitrogens is 1. The number of nitrogens with one attached hydrogen (secondary N) is 3. The minimum atomic E-state index is -0.491. The summed E-state index contributed by atoms with van der Waals surface area (Å²) in [6.45, 7) is 0. The van der Waals surface area contributed by atoms with Crippen molar-refractivity contribution < 1.29 is 9.72 Å². The molecular weight excluding hydrogens is 284 g/mol. The molecule has 7 heteroatoms. The van der Waals surface area contributed by atoms with Crippen LogP contribution in [0.2, 0.25) is 0 Å². The molecule has 0 unspecified atom stereocenters. The number of amides is 2. The third-order valence-electron chi connectivity index (χ3n) is 3.15. The molecular formula is C15H12N4O3. The van der Waals surface area contributed by atoms with Gasteiger partial charge in [-0.3, -0.25) is 10.1 Å². The Morgan fingerprint density at radius 3 is 2.41 bits per heavy atom. The average Bonchev–Trinajstić information content (AvgIpc) is 2.95. The highest BCUT2D eigenvalue weighted by atomic mass is 16.6. The summed E-state index contributed by atoms with van der Waals surface area (Å²) in [5.41, 5.74) is 2.02. The molecule has 3 rings (SSSR count). The SMILES string of the molecule is O=C(Nc1ccc([N+](=O)[O-])cc1)Nc1ccc2cc[nH]c2c1. The number of nitro benzene ring substituents is 1. The zero-order chi connectivity index (χ0) is 15.5. The molecule has 0 saturated heterocycles. The molecule has 1 aromatic heterocycles. The fourth-order valence-corrected chi connectivity index (χ4v) is 2.09. The molecule has 7 nitrogen and oxygen atoms in total. The van der Waals surface area contributed by atoms with Gasteiger partial charge in [-0.15, -0.1) is 0 Å². The molecule has 0 spiro atoms. The predicted octanol–water partition coefficient (Wildman–Crippen LogP) is 3.72. The number of rotatable bonds is 3. The number of benzene rings is 2. The summed E-state index contributed by atoms with van der Waals surface area (Å²) in [5, 5.41) is 16.9. The summed E-state index contributed by atoms with van der Waals surface area (Å²) in [6.07, 6.45) is 1.82. The Morgan fingerprint density at radius 1 is 1.00 bits per heavy atom. The van der Waals surface area contributed by atoms with Gasteiger partial charge in [0.2, 0.25) is 0 Å². The maximum absolute atomic E-state index is 11.9. The van der Waals surface area contributed by atoms with Gasteiger partial charge < -0.3 is 15.6 Å². The van der Waals surface area contributed by atoms with E-state index >= 15 is 0 Å². The van der Waals surface area contributed by atoms with Crippen molar-refractivity contribution in [3.63, 3.8) is 0 Å². The summed E-state index contributed by atoms with van der Waals surface area (Å²) in [4.78, 5) is 25.0. The Balaban J connectivity index is 1.67. The van der Waals surface area contributed by atoms with Gasteiger partial charge in [0.15, 0.2) is 0 Å². The standard InChI is InChI=1S/C15H12N4O3/c20-15(17-11-3-5-13(6-4-11)19(21)22)18-12-2-1-10-7-8-16-14(10)9-12/h1-9,16H,(H2,17,18,20). The van der Waals surface area contributed by atoms with Gasteiger partial charge in [-0.25, -0.2) is 4.79 Å². The molecule has 110 valence electrons. The zero-order valence-electron chi connectivity index (χ0n) is 11.4. The number of carbonyl (C=O) groups excluding carboxylic acids is 1. The molecule has 1 heterocycles. The van der Waals surface area contributed by atoms with Gasteiger partial charge in [0.1, 0.15) is 0 Å². The van der Waals surface area contributed by atoms with Crippen LogP contribution in [0.1, 0.15) is 0 Å². The van der Waals surface area contributed by atoms with Crippen molar-refractivity contribution >= 4 is 34.0 Å². The molecule has 0 saturated carbocycles. The van der Waals surface area contributed by atoms with Crippen molar-refractivity contribution in [2.75, 3.05) is 10.6 Å². The van der Waals surface area contributed by atoms with Crippen LogP contribution in [0.25, 0.3) is 10.9 Å². The lowest BCUT2D eigenvalue weighted by molar-refractivity contribution is -0.384. The molecule has 0 fully saturated rings. The van der Waals surface area contributed by atoms with Crippen LogP contribution in [0.3, 0.4) is 0 Å². The van der Waals surface area contributed by atoms with E-state index in [2.05, 4.69) is 15.6 Å². The monoisotopic (exact) mass is 296 g/mol. The van der Waals surface area contributed by atoms with E-state index in [0.29, 0.717) is 11.4 Å². The van der Waals surface area contributed by atoms with Crippen LogP contribution < -0.4 is 10.6 Å². The molecule has 22 heavy (non-hydrogen) atoms. The second-order valence-corrected chi connectivity index (χ2v) is 4.66. The molecule has 2 amide bonds. The van der Waals surface area contributed by atoms with Crippen molar-refractivity contribution in [1.82, 2.24) is 4.98 Å². The summed E-state index contributed by atoms with van der Waals surface area (Å²) < 4.78 is 0. The van der Waals surface area contributed by atoms with Crippen LogP contribution in [0.4, 0.5) is 21.9 Å². The summed E-state index contributed by atoms with van der Waals surface area (Å²) in [7, 11) is 0. The Labute approximate surface area is 125 Å².